The van der Waals surface area contributed by atoms with Crippen molar-refractivity contribution in [2.45, 2.75) is 20.0 Å². The molecule has 0 bridgehead atoms. The van der Waals surface area contributed by atoms with E-state index in [1.54, 1.807) is 6.92 Å². The zero-order valence-corrected chi connectivity index (χ0v) is 11.3. The van der Waals surface area contributed by atoms with Crippen molar-refractivity contribution >= 4 is 5.97 Å². The maximum atomic E-state index is 13.2. The van der Waals surface area contributed by atoms with Crippen molar-refractivity contribution in [1.82, 2.24) is 20.1 Å². The summed E-state index contributed by atoms with van der Waals surface area (Å²) in [5.74, 6) is -1.86. The fourth-order valence-corrected chi connectivity index (χ4v) is 1.91. The van der Waals surface area contributed by atoms with Gasteiger partial charge in [-0.3, -0.25) is 14.8 Å². The fraction of sp³-hybridized carbons (Fsp3) is 0.308. The minimum absolute atomic E-state index is 0.150. The second kappa shape index (κ2) is 6.40. The van der Waals surface area contributed by atoms with E-state index in [9.17, 15) is 13.6 Å². The van der Waals surface area contributed by atoms with E-state index in [1.807, 2.05) is 0 Å². The third-order valence-electron chi connectivity index (χ3n) is 2.76. The molecule has 112 valence electrons. The number of halogens is 2. The molecule has 1 heterocycles. The molecule has 1 aromatic heterocycles. The molecule has 0 amide bonds. The monoisotopic (exact) mass is 296 g/mol. The maximum absolute atomic E-state index is 13.2. The van der Waals surface area contributed by atoms with Crippen LogP contribution in [0.1, 0.15) is 17.2 Å². The van der Waals surface area contributed by atoms with E-state index in [1.165, 1.54) is 11.0 Å². The molecule has 6 nitrogen and oxygen atoms in total. The highest BCUT2D eigenvalue weighted by molar-refractivity contribution is 5.69. The summed E-state index contributed by atoms with van der Waals surface area (Å²) in [5, 5.41) is 15.5. The summed E-state index contributed by atoms with van der Waals surface area (Å²) < 4.78 is 26.1. The second-order valence-electron chi connectivity index (χ2n) is 4.62. The van der Waals surface area contributed by atoms with Crippen molar-refractivity contribution < 1.29 is 18.7 Å². The Bertz CT molecular complexity index is 645. The number of carboxylic acids is 1. The number of hydrogen-bond donors (Lipinski definition) is 2. The Balaban J connectivity index is 2.11. The largest absolute Gasteiger partial charge is 0.480 e. The molecule has 2 aromatic rings. The average Bonchev–Trinajstić information content (AvgIpc) is 2.78. The molecular weight excluding hydrogens is 282 g/mol. The predicted octanol–water partition coefficient (Wildman–Crippen LogP) is 1.48. The van der Waals surface area contributed by atoms with Gasteiger partial charge in [-0.25, -0.2) is 13.8 Å². The first kappa shape index (κ1) is 15.0. The summed E-state index contributed by atoms with van der Waals surface area (Å²) in [6.07, 6.45) is 0. The number of rotatable bonds is 6. The van der Waals surface area contributed by atoms with Crippen LogP contribution in [0.15, 0.2) is 18.2 Å². The molecule has 0 fully saturated rings. The Labute approximate surface area is 119 Å². The van der Waals surface area contributed by atoms with E-state index >= 15 is 0 Å². The molecule has 0 unspecified atom stereocenters. The van der Waals surface area contributed by atoms with E-state index in [4.69, 9.17) is 5.11 Å². The van der Waals surface area contributed by atoms with Crippen LogP contribution in [-0.4, -0.2) is 37.7 Å². The Morgan fingerprint density at radius 3 is 2.67 bits per heavy atom. The van der Waals surface area contributed by atoms with E-state index in [0.29, 0.717) is 17.2 Å². The molecule has 0 aliphatic rings. The van der Waals surface area contributed by atoms with Crippen molar-refractivity contribution in [3.63, 3.8) is 0 Å². The minimum atomic E-state index is -1.02. The molecule has 0 aliphatic carbocycles. The van der Waals surface area contributed by atoms with Crippen LogP contribution in [0.5, 0.6) is 0 Å². The van der Waals surface area contributed by atoms with Gasteiger partial charge in [-0.15, -0.1) is 0 Å². The Kier molecular flexibility index (Phi) is 4.59. The first-order chi connectivity index (χ1) is 9.94. The molecule has 0 aliphatic heterocycles. The molecular formula is C13H14F2N4O2. The Morgan fingerprint density at radius 1 is 1.33 bits per heavy atom. The second-order valence-corrected chi connectivity index (χ2v) is 4.62. The zero-order valence-electron chi connectivity index (χ0n) is 11.3. The quantitative estimate of drug-likeness (QED) is 0.843. The first-order valence-corrected chi connectivity index (χ1v) is 6.20. The predicted molar refractivity (Wildman–Crippen MR) is 69.2 cm³/mol. The van der Waals surface area contributed by atoms with Crippen molar-refractivity contribution in [2.24, 2.45) is 0 Å². The number of nitrogens with one attached hydrogen (secondary N) is 1. The number of aromatic nitrogens is 3. The van der Waals surface area contributed by atoms with Crippen LogP contribution in [0, 0.1) is 18.6 Å². The summed E-state index contributed by atoms with van der Waals surface area (Å²) in [4.78, 5) is 16.5. The van der Waals surface area contributed by atoms with Crippen LogP contribution >= 0.6 is 0 Å². The SMILES string of the molecule is Cc1nc(CN(CC(=O)O)Cc2ccc(F)c(F)c2)n[nH]1. The highest BCUT2D eigenvalue weighted by Gasteiger charge is 2.14. The number of benzene rings is 1. The zero-order chi connectivity index (χ0) is 15.4. The molecule has 1 aromatic carbocycles. The number of carbonyl (C=O) groups is 1. The smallest absolute Gasteiger partial charge is 0.317 e. The van der Waals surface area contributed by atoms with Crippen LogP contribution in [0.2, 0.25) is 0 Å². The van der Waals surface area contributed by atoms with Gasteiger partial charge in [0, 0.05) is 6.54 Å². The molecule has 0 saturated carbocycles. The lowest BCUT2D eigenvalue weighted by Gasteiger charge is -2.18. The minimum Gasteiger partial charge on any atom is -0.480 e. The van der Waals surface area contributed by atoms with Gasteiger partial charge in [-0.2, -0.15) is 5.10 Å². The van der Waals surface area contributed by atoms with Gasteiger partial charge in [0.1, 0.15) is 5.82 Å². The molecule has 0 saturated heterocycles. The van der Waals surface area contributed by atoms with Crippen LogP contribution in [0.3, 0.4) is 0 Å². The van der Waals surface area contributed by atoms with E-state index in [0.717, 1.165) is 12.1 Å². The molecule has 21 heavy (non-hydrogen) atoms. The molecule has 0 spiro atoms. The number of aryl methyl sites for hydroxylation is 1. The normalized spacial score (nSPS) is 11.0. The van der Waals surface area contributed by atoms with Gasteiger partial charge in [0.25, 0.3) is 0 Å². The maximum Gasteiger partial charge on any atom is 0.317 e. The van der Waals surface area contributed by atoms with E-state index < -0.39 is 17.6 Å². The van der Waals surface area contributed by atoms with Crippen LogP contribution in [0.25, 0.3) is 0 Å². The van der Waals surface area contributed by atoms with Crippen molar-refractivity contribution in [3.05, 3.63) is 47.0 Å². The average molecular weight is 296 g/mol. The number of H-pyrrole nitrogens is 1. The number of nitrogens with zero attached hydrogens (tertiary/aromatic N) is 3. The number of aliphatic carboxylic acids is 1. The van der Waals surface area contributed by atoms with Crippen LogP contribution in [-0.2, 0) is 17.9 Å². The van der Waals surface area contributed by atoms with Gasteiger partial charge in [-0.1, -0.05) is 6.07 Å². The molecule has 0 radical (unpaired) electrons. The summed E-state index contributed by atoms with van der Waals surface area (Å²) in [7, 11) is 0. The van der Waals surface area contributed by atoms with Gasteiger partial charge in [0.05, 0.1) is 13.1 Å². The number of carboxylic acid groups (broad SMARTS) is 1. The van der Waals surface area contributed by atoms with Gasteiger partial charge < -0.3 is 5.11 Å². The molecule has 0 atom stereocenters. The summed E-state index contributed by atoms with van der Waals surface area (Å²) >= 11 is 0. The van der Waals surface area contributed by atoms with Crippen LogP contribution < -0.4 is 0 Å². The Hall–Kier alpha value is -2.35. The molecule has 8 heteroatoms. The highest BCUT2D eigenvalue weighted by Crippen LogP contribution is 2.12. The molecule has 2 rings (SSSR count). The lowest BCUT2D eigenvalue weighted by Crippen LogP contribution is -2.29. The van der Waals surface area contributed by atoms with Gasteiger partial charge in [0.2, 0.25) is 0 Å². The third-order valence-corrected chi connectivity index (χ3v) is 2.76. The van der Waals surface area contributed by atoms with Gasteiger partial charge in [0.15, 0.2) is 17.5 Å². The van der Waals surface area contributed by atoms with Crippen molar-refractivity contribution in [1.29, 1.82) is 0 Å². The first-order valence-electron chi connectivity index (χ1n) is 6.20. The topological polar surface area (TPSA) is 82.1 Å². The van der Waals surface area contributed by atoms with Crippen molar-refractivity contribution in [2.75, 3.05) is 6.54 Å². The lowest BCUT2D eigenvalue weighted by atomic mass is 10.2. The third kappa shape index (κ3) is 4.32. The Morgan fingerprint density at radius 2 is 2.10 bits per heavy atom. The van der Waals surface area contributed by atoms with Gasteiger partial charge >= 0.3 is 5.97 Å². The number of aromatic amines is 1. The van der Waals surface area contributed by atoms with E-state index in [-0.39, 0.29) is 19.6 Å². The lowest BCUT2D eigenvalue weighted by molar-refractivity contribution is -0.138. The standard InChI is InChI=1S/C13H14F2N4O2/c1-8-16-12(18-17-8)6-19(7-13(20)21)5-9-2-3-10(14)11(15)4-9/h2-4H,5-7H2,1H3,(H,20,21)(H,16,17,18). The fourth-order valence-electron chi connectivity index (χ4n) is 1.91. The number of hydrogen-bond acceptors (Lipinski definition) is 4. The summed E-state index contributed by atoms with van der Waals surface area (Å²) in [5.41, 5.74) is 0.474. The van der Waals surface area contributed by atoms with Gasteiger partial charge in [-0.05, 0) is 24.6 Å². The highest BCUT2D eigenvalue weighted by atomic mass is 19.2. The summed E-state index contributed by atoms with van der Waals surface area (Å²) in [6.45, 7) is 1.81. The van der Waals surface area contributed by atoms with Crippen molar-refractivity contribution in [3.8, 4) is 0 Å². The summed E-state index contributed by atoms with van der Waals surface area (Å²) in [6, 6.07) is 3.48. The van der Waals surface area contributed by atoms with Crippen LogP contribution in [0.4, 0.5) is 8.78 Å². The van der Waals surface area contributed by atoms with E-state index in [2.05, 4.69) is 15.2 Å². The molecule has 2 N–H and O–H groups in total.